The Morgan fingerprint density at radius 2 is 1.68 bits per heavy atom. The van der Waals surface area contributed by atoms with Crippen LogP contribution in [0.3, 0.4) is 0 Å². The van der Waals surface area contributed by atoms with Crippen LogP contribution < -0.4 is 14.4 Å². The third-order valence-electron chi connectivity index (χ3n) is 5.92. The zero-order chi connectivity index (χ0) is 19.7. The molecule has 3 heterocycles. The van der Waals surface area contributed by atoms with Gasteiger partial charge in [0.2, 0.25) is 10.0 Å². The summed E-state index contributed by atoms with van der Waals surface area (Å²) in [6, 6.07) is 4.64. The van der Waals surface area contributed by atoms with Crippen LogP contribution in [-0.4, -0.2) is 82.1 Å². The van der Waals surface area contributed by atoms with E-state index in [0.717, 1.165) is 30.8 Å². The molecule has 9 heteroatoms. The average Bonchev–Trinajstić information content (AvgIpc) is 3.27. The first-order valence-corrected chi connectivity index (χ1v) is 11.4. The van der Waals surface area contributed by atoms with Crippen LogP contribution >= 0.6 is 0 Å². The molecule has 8 nitrogen and oxygen atoms in total. The van der Waals surface area contributed by atoms with Gasteiger partial charge in [-0.3, -0.25) is 4.79 Å². The van der Waals surface area contributed by atoms with Crippen LogP contribution in [0.25, 0.3) is 0 Å². The van der Waals surface area contributed by atoms with Crippen molar-refractivity contribution in [3.8, 4) is 11.5 Å². The number of amides is 1. The molecule has 1 aromatic rings. The highest BCUT2D eigenvalue weighted by molar-refractivity contribution is 7.89. The average molecular weight is 411 g/mol. The number of quaternary nitrogens is 1. The summed E-state index contributed by atoms with van der Waals surface area (Å²) in [4.78, 5) is 16.0. The number of carbonyl (C=O) groups excluding carboxylic acids is 1. The van der Waals surface area contributed by atoms with E-state index in [1.807, 2.05) is 11.8 Å². The first-order valence-electron chi connectivity index (χ1n) is 10.00. The van der Waals surface area contributed by atoms with Crippen LogP contribution in [0.15, 0.2) is 23.1 Å². The number of hydrogen-bond donors (Lipinski definition) is 1. The lowest BCUT2D eigenvalue weighted by Crippen LogP contribution is -3.19. The topological polar surface area (TPSA) is 80.6 Å². The fourth-order valence-electron chi connectivity index (χ4n) is 4.17. The van der Waals surface area contributed by atoms with E-state index < -0.39 is 10.0 Å². The van der Waals surface area contributed by atoms with E-state index >= 15 is 0 Å². The van der Waals surface area contributed by atoms with Gasteiger partial charge < -0.3 is 19.3 Å². The van der Waals surface area contributed by atoms with E-state index in [4.69, 9.17) is 9.47 Å². The van der Waals surface area contributed by atoms with Crippen molar-refractivity contribution in [1.82, 2.24) is 9.21 Å². The third kappa shape index (κ3) is 3.70. The Morgan fingerprint density at radius 1 is 1.04 bits per heavy atom. The molecule has 154 valence electrons. The van der Waals surface area contributed by atoms with Crippen LogP contribution in [0.2, 0.25) is 0 Å². The van der Waals surface area contributed by atoms with E-state index in [1.165, 1.54) is 4.31 Å². The lowest BCUT2D eigenvalue weighted by molar-refractivity contribution is -0.918. The number of ether oxygens (including phenoxy) is 2. The maximum absolute atomic E-state index is 13.0. The van der Waals surface area contributed by atoms with Gasteiger partial charge in [-0.25, -0.2) is 8.42 Å². The first-order chi connectivity index (χ1) is 13.5. The molecule has 28 heavy (non-hydrogen) atoms. The Bertz CT molecular complexity index is 830. The minimum Gasteiger partial charge on any atom is -0.486 e. The number of fused-ring (bicyclic) bond motifs is 1. The summed E-state index contributed by atoms with van der Waals surface area (Å²) in [6.07, 6.45) is 2.16. The van der Waals surface area contributed by atoms with Gasteiger partial charge >= 0.3 is 0 Å². The number of sulfonamides is 1. The van der Waals surface area contributed by atoms with Gasteiger partial charge in [0.1, 0.15) is 13.2 Å². The number of rotatable bonds is 4. The molecule has 1 N–H and O–H groups in total. The van der Waals surface area contributed by atoms with Crippen molar-refractivity contribution in [3.63, 3.8) is 0 Å². The highest BCUT2D eigenvalue weighted by atomic mass is 32.2. The molecule has 1 aromatic carbocycles. The van der Waals surface area contributed by atoms with Gasteiger partial charge in [-0.05, 0) is 31.9 Å². The lowest BCUT2D eigenvalue weighted by atomic mass is 10.2. The number of nitrogens with one attached hydrogen (secondary N) is 1. The van der Waals surface area contributed by atoms with E-state index in [9.17, 15) is 13.2 Å². The lowest BCUT2D eigenvalue weighted by Gasteiger charge is -2.35. The Balaban J connectivity index is 1.40. The van der Waals surface area contributed by atoms with Gasteiger partial charge in [-0.2, -0.15) is 4.31 Å². The zero-order valence-electron chi connectivity index (χ0n) is 16.2. The first kappa shape index (κ1) is 19.5. The molecule has 0 aromatic heterocycles. The second-order valence-electron chi connectivity index (χ2n) is 7.62. The smallest absolute Gasteiger partial charge is 0.280 e. The molecule has 3 aliphatic rings. The predicted octanol–water partition coefficient (Wildman–Crippen LogP) is -0.642. The molecule has 1 atom stereocenters. The van der Waals surface area contributed by atoms with Crippen molar-refractivity contribution in [3.05, 3.63) is 18.2 Å². The number of piperazine rings is 1. The predicted molar refractivity (Wildman–Crippen MR) is 102 cm³/mol. The molecule has 3 aliphatic heterocycles. The van der Waals surface area contributed by atoms with Crippen molar-refractivity contribution in [2.75, 3.05) is 52.5 Å². The van der Waals surface area contributed by atoms with Crippen LogP contribution in [-0.2, 0) is 14.8 Å². The van der Waals surface area contributed by atoms with Crippen molar-refractivity contribution in [2.45, 2.75) is 30.7 Å². The van der Waals surface area contributed by atoms with Crippen LogP contribution in [0.1, 0.15) is 19.8 Å². The summed E-state index contributed by atoms with van der Waals surface area (Å²) < 4.78 is 38.6. The summed E-state index contributed by atoms with van der Waals surface area (Å²) in [7, 11) is -3.59. The molecule has 4 rings (SSSR count). The van der Waals surface area contributed by atoms with Gasteiger partial charge in [-0.1, -0.05) is 0 Å². The van der Waals surface area contributed by atoms with E-state index in [1.54, 1.807) is 18.2 Å². The number of carbonyl (C=O) groups is 1. The monoisotopic (exact) mass is 410 g/mol. The standard InChI is InChI=1S/C19H27N3O5S/c1-15(19(23)21-6-2-3-7-21)20-8-10-22(11-9-20)28(24,25)16-4-5-17-18(14-16)27-13-12-26-17/h4-5,14-15H,2-3,6-13H2,1H3/p+1/t15-/m1/s1. The van der Waals surface area contributed by atoms with E-state index in [2.05, 4.69) is 0 Å². The molecule has 0 spiro atoms. The molecule has 0 radical (unpaired) electrons. The molecular formula is C19H28N3O5S+. The third-order valence-corrected chi connectivity index (χ3v) is 7.81. The van der Waals surface area contributed by atoms with Crippen molar-refractivity contribution in [2.24, 2.45) is 0 Å². The van der Waals surface area contributed by atoms with Gasteiger partial charge in [0.25, 0.3) is 5.91 Å². The number of hydrogen-bond acceptors (Lipinski definition) is 5. The molecule has 0 bridgehead atoms. The molecule has 0 aliphatic carbocycles. The molecule has 0 saturated carbocycles. The van der Waals surface area contributed by atoms with Gasteiger partial charge in [0, 0.05) is 19.2 Å². The fourth-order valence-corrected chi connectivity index (χ4v) is 5.62. The van der Waals surface area contributed by atoms with Crippen LogP contribution in [0.4, 0.5) is 0 Å². The number of likely N-dealkylation sites (tertiary alicyclic amines) is 1. The summed E-state index contributed by atoms with van der Waals surface area (Å²) in [5.41, 5.74) is 0. The van der Waals surface area contributed by atoms with Gasteiger partial charge in [-0.15, -0.1) is 0 Å². The minimum atomic E-state index is -3.59. The molecule has 2 fully saturated rings. The molecule has 2 saturated heterocycles. The minimum absolute atomic E-state index is 0.128. The number of benzene rings is 1. The summed E-state index contributed by atoms with van der Waals surface area (Å²) >= 11 is 0. The van der Waals surface area contributed by atoms with Crippen molar-refractivity contribution in [1.29, 1.82) is 0 Å². The SMILES string of the molecule is C[C@H](C(=O)N1CCCC1)[NH+]1CCN(S(=O)(=O)c2ccc3c(c2)OCCO3)CC1. The molecule has 0 unspecified atom stereocenters. The van der Waals surface area contributed by atoms with Crippen LogP contribution in [0, 0.1) is 0 Å². The second-order valence-corrected chi connectivity index (χ2v) is 9.56. The summed E-state index contributed by atoms with van der Waals surface area (Å²) in [6.45, 7) is 6.62. The Hall–Kier alpha value is -1.84. The Morgan fingerprint density at radius 3 is 2.36 bits per heavy atom. The van der Waals surface area contributed by atoms with Crippen LogP contribution in [0.5, 0.6) is 11.5 Å². The zero-order valence-corrected chi connectivity index (χ0v) is 17.0. The quantitative estimate of drug-likeness (QED) is 0.714. The van der Waals surface area contributed by atoms with Gasteiger partial charge in [0.15, 0.2) is 17.5 Å². The van der Waals surface area contributed by atoms with Crippen molar-refractivity contribution < 1.29 is 27.6 Å². The fraction of sp³-hybridized carbons (Fsp3) is 0.632. The highest BCUT2D eigenvalue weighted by Gasteiger charge is 2.36. The summed E-state index contributed by atoms with van der Waals surface area (Å²) in [5, 5.41) is 0. The van der Waals surface area contributed by atoms with Crippen molar-refractivity contribution >= 4 is 15.9 Å². The summed E-state index contributed by atoms with van der Waals surface area (Å²) in [5.74, 6) is 1.24. The van der Waals surface area contributed by atoms with E-state index in [-0.39, 0.29) is 16.8 Å². The maximum Gasteiger partial charge on any atom is 0.280 e. The Kier molecular flexibility index (Phi) is 5.48. The number of nitrogens with zero attached hydrogens (tertiary/aromatic N) is 2. The maximum atomic E-state index is 13.0. The normalized spacial score (nSPS) is 22.2. The highest BCUT2D eigenvalue weighted by Crippen LogP contribution is 2.33. The Labute approximate surface area is 166 Å². The second kappa shape index (κ2) is 7.88. The molecule has 1 amide bonds. The molecular weight excluding hydrogens is 382 g/mol. The largest absolute Gasteiger partial charge is 0.486 e. The van der Waals surface area contributed by atoms with E-state index in [0.29, 0.717) is 50.9 Å². The van der Waals surface area contributed by atoms with Gasteiger partial charge in [0.05, 0.1) is 31.1 Å².